The first-order valence-corrected chi connectivity index (χ1v) is 7.19. The highest BCUT2D eigenvalue weighted by Crippen LogP contribution is 2.25. The molecule has 0 aliphatic rings. The van der Waals surface area contributed by atoms with Crippen molar-refractivity contribution in [3.8, 4) is 5.75 Å². The molecule has 0 spiro atoms. The molecular formula is C14H18O5S. The number of aliphatic hydroxyl groups is 2. The summed E-state index contributed by atoms with van der Waals surface area (Å²) in [5, 5.41) is 19.7. The maximum absolute atomic E-state index is 11.0. The van der Waals surface area contributed by atoms with Gasteiger partial charge in [0.1, 0.15) is 11.9 Å². The van der Waals surface area contributed by atoms with Crippen LogP contribution in [-0.2, 0) is 4.79 Å². The molecule has 0 aliphatic heterocycles. The van der Waals surface area contributed by atoms with Gasteiger partial charge in [-0.1, -0.05) is 17.8 Å². The van der Waals surface area contributed by atoms with Crippen molar-refractivity contribution in [1.29, 1.82) is 0 Å². The van der Waals surface area contributed by atoms with E-state index < -0.39 is 12.2 Å². The molecule has 0 radical (unpaired) electrons. The molecule has 2 N–H and O–H groups in total. The van der Waals surface area contributed by atoms with Crippen LogP contribution < -0.4 is 4.74 Å². The van der Waals surface area contributed by atoms with E-state index in [2.05, 4.69) is 0 Å². The summed E-state index contributed by atoms with van der Waals surface area (Å²) >= 11 is 0.940. The molecule has 1 aromatic carbocycles. The number of benzene rings is 1. The fourth-order valence-corrected chi connectivity index (χ4v) is 2.23. The van der Waals surface area contributed by atoms with Crippen molar-refractivity contribution in [2.24, 2.45) is 0 Å². The molecule has 1 rings (SSSR count). The van der Waals surface area contributed by atoms with Crippen LogP contribution in [-0.4, -0.2) is 40.1 Å². The van der Waals surface area contributed by atoms with E-state index in [1.165, 1.54) is 13.0 Å². The molecule has 0 aliphatic carbocycles. The third-order valence-electron chi connectivity index (χ3n) is 2.62. The van der Waals surface area contributed by atoms with E-state index in [0.29, 0.717) is 29.8 Å². The van der Waals surface area contributed by atoms with Crippen molar-refractivity contribution in [1.82, 2.24) is 0 Å². The predicted molar refractivity (Wildman–Crippen MR) is 77.1 cm³/mol. The van der Waals surface area contributed by atoms with E-state index in [1.807, 2.05) is 0 Å². The Bertz CT molecular complexity index is 475. The van der Waals surface area contributed by atoms with Crippen molar-refractivity contribution >= 4 is 23.2 Å². The van der Waals surface area contributed by atoms with Crippen molar-refractivity contribution in [2.45, 2.75) is 26.1 Å². The Morgan fingerprint density at radius 1 is 1.45 bits per heavy atom. The second-order valence-electron chi connectivity index (χ2n) is 4.16. The van der Waals surface area contributed by atoms with Gasteiger partial charge in [-0.25, -0.2) is 0 Å². The Kier molecular flexibility index (Phi) is 6.70. The Labute approximate surface area is 121 Å². The van der Waals surface area contributed by atoms with Crippen LogP contribution in [0.3, 0.4) is 0 Å². The number of aldehydes is 1. The molecule has 0 saturated carbocycles. The number of rotatable bonds is 7. The van der Waals surface area contributed by atoms with E-state index in [0.717, 1.165) is 11.8 Å². The molecular weight excluding hydrogens is 280 g/mol. The van der Waals surface area contributed by atoms with Crippen molar-refractivity contribution in [3.05, 3.63) is 29.3 Å². The molecule has 6 heteroatoms. The molecule has 2 atom stereocenters. The first-order chi connectivity index (χ1) is 9.49. The van der Waals surface area contributed by atoms with E-state index in [4.69, 9.17) is 4.74 Å². The summed E-state index contributed by atoms with van der Waals surface area (Å²) in [6.07, 6.45) is -1.60. The normalized spacial score (nSPS) is 13.6. The summed E-state index contributed by atoms with van der Waals surface area (Å²) in [7, 11) is 0. The highest BCUT2D eigenvalue weighted by molar-refractivity contribution is 8.13. The minimum atomic E-state index is -1.16. The lowest BCUT2D eigenvalue weighted by molar-refractivity contribution is -0.109. The monoisotopic (exact) mass is 298 g/mol. The quantitative estimate of drug-likeness (QED) is 0.743. The van der Waals surface area contributed by atoms with Crippen molar-refractivity contribution in [2.75, 3.05) is 12.4 Å². The summed E-state index contributed by atoms with van der Waals surface area (Å²) in [5.74, 6) is 0.534. The van der Waals surface area contributed by atoms with Gasteiger partial charge < -0.3 is 14.9 Å². The third kappa shape index (κ3) is 4.63. The lowest BCUT2D eigenvalue weighted by atomic mass is 10.0. The number of hydrogen-bond acceptors (Lipinski definition) is 6. The molecule has 110 valence electrons. The van der Waals surface area contributed by atoms with Crippen molar-refractivity contribution < 1.29 is 24.5 Å². The van der Waals surface area contributed by atoms with Crippen LogP contribution in [0.2, 0.25) is 0 Å². The van der Waals surface area contributed by atoms with Gasteiger partial charge in [0.2, 0.25) is 0 Å². The van der Waals surface area contributed by atoms with E-state index in [-0.39, 0.29) is 10.9 Å². The molecule has 0 heterocycles. The smallest absolute Gasteiger partial charge is 0.185 e. The summed E-state index contributed by atoms with van der Waals surface area (Å²) < 4.78 is 5.28. The van der Waals surface area contributed by atoms with Gasteiger partial charge in [0.15, 0.2) is 11.4 Å². The van der Waals surface area contributed by atoms with Gasteiger partial charge in [-0.2, -0.15) is 0 Å². The topological polar surface area (TPSA) is 83.8 Å². The minimum Gasteiger partial charge on any atom is -0.493 e. The summed E-state index contributed by atoms with van der Waals surface area (Å²) in [6.45, 7) is 3.63. The number of hydrogen-bond donors (Lipinski definition) is 2. The van der Waals surface area contributed by atoms with Crippen LogP contribution in [0.4, 0.5) is 0 Å². The van der Waals surface area contributed by atoms with Gasteiger partial charge >= 0.3 is 0 Å². The lowest BCUT2D eigenvalue weighted by Gasteiger charge is -2.18. The van der Waals surface area contributed by atoms with Gasteiger partial charge in [0, 0.05) is 12.7 Å². The van der Waals surface area contributed by atoms with Gasteiger partial charge in [0.25, 0.3) is 0 Å². The Morgan fingerprint density at radius 3 is 2.70 bits per heavy atom. The molecule has 0 aromatic heterocycles. The average Bonchev–Trinajstić information content (AvgIpc) is 2.44. The van der Waals surface area contributed by atoms with Gasteiger partial charge in [-0.05, 0) is 24.6 Å². The second-order valence-corrected chi connectivity index (χ2v) is 5.36. The molecule has 0 fully saturated rings. The standard InChI is InChI=1S/C14H18O5S/c1-3-19-13-5-4-10(6-11(13)7-15)14(18)12(17)8-20-9(2)16/h4-7,12,14,17-18H,3,8H2,1-2H3. The Balaban J connectivity index is 2.84. The van der Waals surface area contributed by atoms with Crippen LogP contribution >= 0.6 is 11.8 Å². The highest BCUT2D eigenvalue weighted by Gasteiger charge is 2.20. The number of thioether (sulfide) groups is 1. The van der Waals surface area contributed by atoms with Crippen molar-refractivity contribution in [3.63, 3.8) is 0 Å². The predicted octanol–water partition coefficient (Wildman–Crippen LogP) is 1.57. The highest BCUT2D eigenvalue weighted by atomic mass is 32.2. The summed E-state index contributed by atoms with van der Waals surface area (Å²) in [4.78, 5) is 21.8. The molecule has 0 amide bonds. The van der Waals surface area contributed by atoms with Crippen LogP contribution in [0.25, 0.3) is 0 Å². The first-order valence-electron chi connectivity index (χ1n) is 6.21. The molecule has 20 heavy (non-hydrogen) atoms. The third-order valence-corrected chi connectivity index (χ3v) is 3.54. The molecule has 0 saturated heterocycles. The largest absolute Gasteiger partial charge is 0.493 e. The average molecular weight is 298 g/mol. The van der Waals surface area contributed by atoms with Crippen LogP contribution in [0.15, 0.2) is 18.2 Å². The summed E-state index contributed by atoms with van der Waals surface area (Å²) in [5.41, 5.74) is 0.724. The maximum atomic E-state index is 11.0. The summed E-state index contributed by atoms with van der Waals surface area (Å²) in [6, 6.07) is 4.64. The van der Waals surface area contributed by atoms with Gasteiger partial charge in [0.05, 0.1) is 18.3 Å². The van der Waals surface area contributed by atoms with Crippen LogP contribution in [0, 0.1) is 0 Å². The Morgan fingerprint density at radius 2 is 2.15 bits per heavy atom. The van der Waals surface area contributed by atoms with E-state index >= 15 is 0 Å². The Hall–Kier alpha value is -1.37. The zero-order valence-electron chi connectivity index (χ0n) is 11.4. The van der Waals surface area contributed by atoms with Crippen LogP contribution in [0.5, 0.6) is 5.75 Å². The number of aliphatic hydroxyl groups excluding tert-OH is 2. The fourth-order valence-electron chi connectivity index (χ4n) is 1.65. The zero-order chi connectivity index (χ0) is 15.1. The fraction of sp³-hybridized carbons (Fsp3) is 0.429. The second kappa shape index (κ2) is 8.04. The number of ether oxygens (including phenoxy) is 1. The molecule has 2 unspecified atom stereocenters. The molecule has 5 nitrogen and oxygen atoms in total. The van der Waals surface area contributed by atoms with Crippen LogP contribution in [0.1, 0.15) is 35.9 Å². The first kappa shape index (κ1) is 16.7. The zero-order valence-corrected chi connectivity index (χ0v) is 12.2. The molecule has 0 bridgehead atoms. The number of carbonyl (C=O) groups is 2. The van der Waals surface area contributed by atoms with Gasteiger partial charge in [-0.15, -0.1) is 0 Å². The number of carbonyl (C=O) groups excluding carboxylic acids is 2. The van der Waals surface area contributed by atoms with E-state index in [9.17, 15) is 19.8 Å². The van der Waals surface area contributed by atoms with Gasteiger partial charge in [-0.3, -0.25) is 9.59 Å². The van der Waals surface area contributed by atoms with E-state index in [1.54, 1.807) is 19.1 Å². The SMILES string of the molecule is CCOc1ccc(C(O)C(O)CSC(C)=O)cc1C=O. The molecule has 1 aromatic rings. The minimum absolute atomic E-state index is 0.0974. The maximum Gasteiger partial charge on any atom is 0.185 e. The lowest BCUT2D eigenvalue weighted by Crippen LogP contribution is -2.21.